The monoisotopic (exact) mass is 427 g/mol. The Bertz CT molecular complexity index is 213. The predicted molar refractivity (Wildman–Crippen MR) is 77.8 cm³/mol. The summed E-state index contributed by atoms with van der Waals surface area (Å²) in [6, 6.07) is 0. The standard InChI is InChI=1S/C4H10N.3C3H8N.Ta/c1-4(2,3)5;3*1-3-4-2;/h5H,1-3H3;3*3H2,1-2H3;/q4*-1;+5. The second-order valence-electron chi connectivity index (χ2n) is 5.85. The minimum absolute atomic E-state index is 0.148. The van der Waals surface area contributed by atoms with Crippen LogP contribution in [0.25, 0.3) is 0 Å². The van der Waals surface area contributed by atoms with Crippen molar-refractivity contribution in [1.82, 2.24) is 13.6 Å². The quantitative estimate of drug-likeness (QED) is 0.672. The van der Waals surface area contributed by atoms with Gasteiger partial charge in [-0.15, -0.1) is 0 Å². The van der Waals surface area contributed by atoms with E-state index < -0.39 is 18.2 Å². The zero-order valence-electron chi connectivity index (χ0n) is 13.9. The van der Waals surface area contributed by atoms with Crippen LogP contribution in [0.5, 0.6) is 0 Å². The fourth-order valence-corrected chi connectivity index (χ4v) is 17.0. The zero-order chi connectivity index (χ0) is 14.6. The van der Waals surface area contributed by atoms with E-state index >= 15 is 0 Å². The Hall–Kier alpha value is 0.580. The normalized spacial score (nSPS) is 14.0. The second-order valence-corrected chi connectivity index (χ2v) is 18.1. The van der Waals surface area contributed by atoms with Gasteiger partial charge < -0.3 is 0 Å². The molecule has 0 radical (unpaired) electrons. The molecule has 0 aromatic rings. The van der Waals surface area contributed by atoms with Crippen LogP contribution in [-0.2, 0) is 18.2 Å². The Balaban J connectivity index is 5.54. The molecule has 0 heterocycles. The molecule has 0 aliphatic carbocycles. The molecule has 0 rings (SSSR count). The molecule has 0 saturated carbocycles. The summed E-state index contributed by atoms with van der Waals surface area (Å²) in [5, 5.41) is 0. The Morgan fingerprint density at radius 1 is 0.778 bits per heavy atom. The van der Waals surface area contributed by atoms with E-state index in [-0.39, 0.29) is 5.54 Å². The first-order valence-electron chi connectivity index (χ1n) is 6.99. The van der Waals surface area contributed by atoms with Crippen LogP contribution in [0, 0.1) is 0 Å². The third-order valence-corrected chi connectivity index (χ3v) is 20.1. The topological polar surface area (TPSA) is 21.8 Å². The van der Waals surface area contributed by atoms with Crippen molar-refractivity contribution in [1.29, 1.82) is 0 Å². The summed E-state index contributed by atoms with van der Waals surface area (Å²) in [6.45, 7) is 16.9. The SMILES string of the molecule is CC[N](C)[Ta+]([NH]C(C)(C)C)([N](C)CC)[N](C)CC. The molecule has 0 aromatic carbocycles. The molecule has 4 nitrogen and oxygen atoms in total. The van der Waals surface area contributed by atoms with Crippen LogP contribution in [0.4, 0.5) is 0 Å². The van der Waals surface area contributed by atoms with Crippen molar-refractivity contribution in [3.8, 4) is 0 Å². The molecule has 0 atom stereocenters. The van der Waals surface area contributed by atoms with Gasteiger partial charge in [0, 0.05) is 0 Å². The first-order chi connectivity index (χ1) is 8.15. The number of hydrogen-bond donors (Lipinski definition) is 1. The van der Waals surface area contributed by atoms with E-state index in [4.69, 9.17) is 0 Å². The van der Waals surface area contributed by atoms with Crippen LogP contribution in [-0.4, -0.2) is 56.2 Å². The Morgan fingerprint density at radius 2 is 1.06 bits per heavy atom. The molecular weight excluding hydrogens is 393 g/mol. The van der Waals surface area contributed by atoms with Crippen LogP contribution < -0.4 is 3.72 Å². The molecule has 18 heavy (non-hydrogen) atoms. The van der Waals surface area contributed by atoms with Crippen LogP contribution >= 0.6 is 0 Å². The third-order valence-electron chi connectivity index (χ3n) is 3.29. The van der Waals surface area contributed by atoms with Gasteiger partial charge in [-0.2, -0.15) is 0 Å². The number of nitrogens with one attached hydrogen (secondary N) is 1. The molecule has 0 aliphatic heterocycles. The van der Waals surface area contributed by atoms with Crippen LogP contribution in [0.1, 0.15) is 41.5 Å². The minimum atomic E-state index is -2.95. The van der Waals surface area contributed by atoms with E-state index in [1.165, 1.54) is 0 Å². The molecular formula is C13H34N4Ta+. The maximum absolute atomic E-state index is 4.01. The summed E-state index contributed by atoms with van der Waals surface area (Å²) in [4.78, 5) is 0. The van der Waals surface area contributed by atoms with E-state index in [2.05, 4.69) is 76.3 Å². The first-order valence-corrected chi connectivity index (χ1v) is 12.9. The average molecular weight is 427 g/mol. The van der Waals surface area contributed by atoms with Crippen molar-refractivity contribution in [2.24, 2.45) is 0 Å². The van der Waals surface area contributed by atoms with Gasteiger partial charge in [-0.3, -0.25) is 0 Å². The summed E-state index contributed by atoms with van der Waals surface area (Å²) in [5.41, 5.74) is 0.148. The van der Waals surface area contributed by atoms with Crippen molar-refractivity contribution in [3.05, 3.63) is 0 Å². The van der Waals surface area contributed by atoms with Gasteiger partial charge in [0.2, 0.25) is 0 Å². The summed E-state index contributed by atoms with van der Waals surface area (Å²) >= 11 is -2.95. The summed E-state index contributed by atoms with van der Waals surface area (Å²) in [6.07, 6.45) is 0. The van der Waals surface area contributed by atoms with E-state index in [1.54, 1.807) is 0 Å². The van der Waals surface area contributed by atoms with Crippen molar-refractivity contribution >= 4 is 0 Å². The Labute approximate surface area is 120 Å². The van der Waals surface area contributed by atoms with E-state index in [0.717, 1.165) is 19.6 Å². The van der Waals surface area contributed by atoms with Crippen LogP contribution in [0.2, 0.25) is 0 Å². The molecule has 0 saturated heterocycles. The zero-order valence-corrected chi connectivity index (χ0v) is 17.1. The van der Waals surface area contributed by atoms with Crippen molar-refractivity contribution in [2.45, 2.75) is 47.1 Å². The number of hydrogen-bond acceptors (Lipinski definition) is 4. The molecule has 0 amide bonds. The molecule has 1 N–H and O–H groups in total. The van der Waals surface area contributed by atoms with E-state index in [9.17, 15) is 0 Å². The Morgan fingerprint density at radius 3 is 1.22 bits per heavy atom. The molecule has 0 spiro atoms. The molecule has 0 aromatic heterocycles. The average Bonchev–Trinajstić information content (AvgIpc) is 2.31. The molecule has 110 valence electrons. The first kappa shape index (κ1) is 18.6. The molecule has 0 bridgehead atoms. The second kappa shape index (κ2) is 7.39. The van der Waals surface area contributed by atoms with Gasteiger partial charge in [-0.05, 0) is 0 Å². The van der Waals surface area contributed by atoms with Crippen LogP contribution in [0.3, 0.4) is 0 Å². The predicted octanol–water partition coefficient (Wildman–Crippen LogP) is 2.04. The van der Waals surface area contributed by atoms with E-state index in [0.29, 0.717) is 0 Å². The fourth-order valence-electron chi connectivity index (χ4n) is 2.08. The summed E-state index contributed by atoms with van der Waals surface area (Å²) < 4.78 is 11.8. The summed E-state index contributed by atoms with van der Waals surface area (Å²) in [5.74, 6) is 0. The van der Waals surface area contributed by atoms with Gasteiger partial charge in [0.15, 0.2) is 0 Å². The van der Waals surface area contributed by atoms with Gasteiger partial charge >= 0.3 is 120 Å². The number of nitrogens with zero attached hydrogens (tertiary/aromatic N) is 3. The maximum atomic E-state index is 4.01. The van der Waals surface area contributed by atoms with Gasteiger partial charge in [0.1, 0.15) is 0 Å². The van der Waals surface area contributed by atoms with Crippen molar-refractivity contribution in [3.63, 3.8) is 0 Å². The van der Waals surface area contributed by atoms with E-state index in [1.807, 2.05) is 0 Å². The number of rotatable bonds is 7. The van der Waals surface area contributed by atoms with Gasteiger partial charge in [-0.25, -0.2) is 0 Å². The molecule has 5 heteroatoms. The van der Waals surface area contributed by atoms with Gasteiger partial charge in [0.25, 0.3) is 0 Å². The van der Waals surface area contributed by atoms with Crippen molar-refractivity contribution in [2.75, 3.05) is 40.8 Å². The van der Waals surface area contributed by atoms with Crippen LogP contribution in [0.15, 0.2) is 0 Å². The molecule has 0 aliphatic rings. The van der Waals surface area contributed by atoms with Gasteiger partial charge in [-0.1, -0.05) is 0 Å². The molecule has 0 fully saturated rings. The third kappa shape index (κ3) is 4.30. The molecule has 0 unspecified atom stereocenters. The summed E-state index contributed by atoms with van der Waals surface area (Å²) in [7, 11) is 6.82. The fraction of sp³-hybridized carbons (Fsp3) is 1.00. The Kier molecular flexibility index (Phi) is 7.62. The van der Waals surface area contributed by atoms with Gasteiger partial charge in [0.05, 0.1) is 0 Å². The van der Waals surface area contributed by atoms with Crippen molar-refractivity contribution < 1.29 is 18.2 Å².